The van der Waals surface area contributed by atoms with E-state index >= 15 is 0 Å². The van der Waals surface area contributed by atoms with Crippen molar-refractivity contribution in [1.82, 2.24) is 9.47 Å². The Hall–Kier alpha value is -1.13. The Morgan fingerprint density at radius 1 is 1.20 bits per heavy atom. The smallest absolute Gasteiger partial charge is 0.303 e. The van der Waals surface area contributed by atoms with Crippen LogP contribution in [-0.4, -0.2) is 29.1 Å². The summed E-state index contributed by atoms with van der Waals surface area (Å²) in [6.45, 7) is 3.77. The third kappa shape index (κ3) is 2.96. The number of rotatable bonds is 4. The highest BCUT2D eigenvalue weighted by Crippen LogP contribution is 2.19. The molecule has 1 aliphatic heterocycles. The normalized spacial score (nSPS) is 16.9. The van der Waals surface area contributed by atoms with Gasteiger partial charge in [0.2, 0.25) is 0 Å². The molecule has 0 spiro atoms. The van der Waals surface area contributed by atoms with Crippen molar-refractivity contribution in [2.75, 3.05) is 19.6 Å². The van der Waals surface area contributed by atoms with Crippen LogP contribution in [0, 0.1) is 0 Å². The molecule has 0 amide bonds. The molecule has 0 N–H and O–H groups in total. The van der Waals surface area contributed by atoms with Crippen LogP contribution in [0.25, 0.3) is 10.2 Å². The lowest BCUT2D eigenvalue weighted by Crippen LogP contribution is -2.30. The van der Waals surface area contributed by atoms with Crippen LogP contribution in [0.4, 0.5) is 0 Å². The Morgan fingerprint density at radius 3 is 2.80 bits per heavy atom. The van der Waals surface area contributed by atoms with E-state index in [1.54, 1.807) is 4.57 Å². The third-order valence-electron chi connectivity index (χ3n) is 4.25. The molecule has 3 nitrogen and oxygen atoms in total. The molecule has 2 heterocycles. The zero-order chi connectivity index (χ0) is 13.9. The molecule has 1 aromatic carbocycles. The van der Waals surface area contributed by atoms with E-state index < -0.39 is 0 Å². The zero-order valence-corrected chi connectivity index (χ0v) is 12.9. The maximum atomic E-state index is 11.6. The van der Waals surface area contributed by atoms with Gasteiger partial charge in [0.05, 0.1) is 10.2 Å². The van der Waals surface area contributed by atoms with Crippen LogP contribution in [0.5, 0.6) is 0 Å². The van der Waals surface area contributed by atoms with Crippen LogP contribution in [0.15, 0.2) is 23.0 Å². The van der Waals surface area contributed by atoms with Gasteiger partial charge in [0.1, 0.15) is 0 Å². The predicted octanol–water partition coefficient (Wildman–Crippen LogP) is 3.02. The average molecular weight is 290 g/mol. The standard InChI is InChI=1S/C16H22N2OS/c1-17-14-8-7-13(12-15(14)20-16(17)19)6-5-11-18-9-3-2-4-10-18/h7-8,12H,2-6,9-11H2,1H3. The van der Waals surface area contributed by atoms with Crippen molar-refractivity contribution in [2.24, 2.45) is 7.05 Å². The van der Waals surface area contributed by atoms with Gasteiger partial charge in [0.25, 0.3) is 0 Å². The molecule has 2 aromatic rings. The summed E-state index contributed by atoms with van der Waals surface area (Å²) in [6.07, 6.45) is 6.46. The molecule has 20 heavy (non-hydrogen) atoms. The van der Waals surface area contributed by atoms with Crippen molar-refractivity contribution in [3.05, 3.63) is 33.4 Å². The van der Waals surface area contributed by atoms with E-state index in [9.17, 15) is 4.79 Å². The molecule has 0 bridgehead atoms. The minimum Gasteiger partial charge on any atom is -0.303 e. The Labute approximate surface area is 123 Å². The van der Waals surface area contributed by atoms with Gasteiger partial charge in [-0.2, -0.15) is 0 Å². The highest BCUT2D eigenvalue weighted by Gasteiger charge is 2.09. The largest absolute Gasteiger partial charge is 0.307 e. The Balaban J connectivity index is 1.61. The second-order valence-electron chi connectivity index (χ2n) is 5.73. The molecular weight excluding hydrogens is 268 g/mol. The number of hydrogen-bond donors (Lipinski definition) is 0. The second kappa shape index (κ2) is 6.10. The third-order valence-corrected chi connectivity index (χ3v) is 5.24. The van der Waals surface area contributed by atoms with Crippen molar-refractivity contribution < 1.29 is 0 Å². The van der Waals surface area contributed by atoms with Crippen molar-refractivity contribution in [1.29, 1.82) is 0 Å². The Morgan fingerprint density at radius 2 is 2.00 bits per heavy atom. The minimum atomic E-state index is 0.130. The summed E-state index contributed by atoms with van der Waals surface area (Å²) in [4.78, 5) is 14.4. The number of thiazole rings is 1. The van der Waals surface area contributed by atoms with Gasteiger partial charge in [0, 0.05) is 7.05 Å². The van der Waals surface area contributed by atoms with E-state index in [2.05, 4.69) is 23.1 Å². The van der Waals surface area contributed by atoms with Gasteiger partial charge < -0.3 is 9.47 Å². The van der Waals surface area contributed by atoms with Gasteiger partial charge in [-0.15, -0.1) is 0 Å². The monoisotopic (exact) mass is 290 g/mol. The number of piperidine rings is 1. The van der Waals surface area contributed by atoms with Crippen LogP contribution in [0.1, 0.15) is 31.2 Å². The van der Waals surface area contributed by atoms with Gasteiger partial charge in [-0.25, -0.2) is 0 Å². The van der Waals surface area contributed by atoms with Crippen LogP contribution in [0.2, 0.25) is 0 Å². The maximum absolute atomic E-state index is 11.6. The zero-order valence-electron chi connectivity index (χ0n) is 12.1. The number of likely N-dealkylation sites (tertiary alicyclic amines) is 1. The van der Waals surface area contributed by atoms with Gasteiger partial charge >= 0.3 is 4.87 Å². The lowest BCUT2D eigenvalue weighted by atomic mass is 10.1. The maximum Gasteiger partial charge on any atom is 0.307 e. The highest BCUT2D eigenvalue weighted by atomic mass is 32.1. The van der Waals surface area contributed by atoms with Gasteiger partial charge in [-0.3, -0.25) is 4.79 Å². The molecule has 0 saturated carbocycles. The van der Waals surface area contributed by atoms with Crippen molar-refractivity contribution in [2.45, 2.75) is 32.1 Å². The van der Waals surface area contributed by atoms with Crippen LogP contribution in [0.3, 0.4) is 0 Å². The number of nitrogens with zero attached hydrogens (tertiary/aromatic N) is 2. The average Bonchev–Trinajstić information content (AvgIpc) is 2.75. The van der Waals surface area contributed by atoms with E-state index in [4.69, 9.17) is 0 Å². The van der Waals surface area contributed by atoms with E-state index in [-0.39, 0.29) is 4.87 Å². The van der Waals surface area contributed by atoms with Gasteiger partial charge in [-0.05, 0) is 63.0 Å². The molecule has 1 fully saturated rings. The van der Waals surface area contributed by atoms with E-state index in [1.165, 1.54) is 62.2 Å². The summed E-state index contributed by atoms with van der Waals surface area (Å²) in [5, 5.41) is 0. The molecule has 0 unspecified atom stereocenters. The number of hydrogen-bond acceptors (Lipinski definition) is 3. The molecule has 0 aliphatic carbocycles. The van der Waals surface area contributed by atoms with Crippen molar-refractivity contribution in [3.63, 3.8) is 0 Å². The summed E-state index contributed by atoms with van der Waals surface area (Å²) in [5.74, 6) is 0. The first-order chi connectivity index (χ1) is 9.74. The van der Waals surface area contributed by atoms with Crippen LogP contribution in [-0.2, 0) is 13.5 Å². The molecule has 0 radical (unpaired) electrons. The fraction of sp³-hybridized carbons (Fsp3) is 0.562. The molecule has 1 aliphatic rings. The molecular formula is C16H22N2OS. The van der Waals surface area contributed by atoms with Crippen molar-refractivity contribution >= 4 is 21.6 Å². The van der Waals surface area contributed by atoms with Gasteiger partial charge in [-0.1, -0.05) is 23.8 Å². The Bertz CT molecular complexity index is 637. The Kier molecular flexibility index (Phi) is 4.22. The van der Waals surface area contributed by atoms with Crippen LogP contribution < -0.4 is 4.87 Å². The van der Waals surface area contributed by atoms with Gasteiger partial charge in [0.15, 0.2) is 0 Å². The summed E-state index contributed by atoms with van der Waals surface area (Å²) < 4.78 is 2.85. The topological polar surface area (TPSA) is 25.2 Å². The molecule has 108 valence electrons. The molecule has 1 aromatic heterocycles. The highest BCUT2D eigenvalue weighted by molar-refractivity contribution is 7.16. The quantitative estimate of drug-likeness (QED) is 0.865. The minimum absolute atomic E-state index is 0.130. The molecule has 1 saturated heterocycles. The summed E-state index contributed by atoms with van der Waals surface area (Å²) in [5.41, 5.74) is 2.41. The van der Waals surface area contributed by atoms with E-state index in [1.807, 2.05) is 7.05 Å². The first-order valence-electron chi connectivity index (χ1n) is 7.55. The predicted molar refractivity (Wildman–Crippen MR) is 85.7 cm³/mol. The molecule has 4 heteroatoms. The van der Waals surface area contributed by atoms with E-state index in [0.717, 1.165) is 16.6 Å². The first kappa shape index (κ1) is 13.8. The lowest BCUT2D eigenvalue weighted by Gasteiger charge is -2.26. The summed E-state index contributed by atoms with van der Waals surface area (Å²) in [6, 6.07) is 6.45. The SMILES string of the molecule is Cn1c(=O)sc2cc(CCCN3CCCCC3)ccc21. The second-order valence-corrected chi connectivity index (χ2v) is 6.73. The number of aryl methyl sites for hydroxylation is 2. The van der Waals surface area contributed by atoms with Crippen LogP contribution >= 0.6 is 11.3 Å². The fourth-order valence-corrected chi connectivity index (χ4v) is 3.97. The summed E-state index contributed by atoms with van der Waals surface area (Å²) in [7, 11) is 1.84. The number of benzene rings is 1. The fourth-order valence-electron chi connectivity index (χ4n) is 3.02. The lowest BCUT2D eigenvalue weighted by molar-refractivity contribution is 0.226. The number of aromatic nitrogens is 1. The van der Waals surface area contributed by atoms with E-state index in [0.29, 0.717) is 0 Å². The number of fused-ring (bicyclic) bond motifs is 1. The molecule has 3 rings (SSSR count). The summed E-state index contributed by atoms with van der Waals surface area (Å²) >= 11 is 1.35. The van der Waals surface area contributed by atoms with Crippen molar-refractivity contribution in [3.8, 4) is 0 Å². The first-order valence-corrected chi connectivity index (χ1v) is 8.36. The molecule has 0 atom stereocenters.